The third kappa shape index (κ3) is 2.01. The molecule has 1 aromatic carbocycles. The van der Waals surface area contributed by atoms with Crippen LogP contribution in [0, 0.1) is 0 Å². The van der Waals surface area contributed by atoms with Gasteiger partial charge in [-0.05, 0) is 13.0 Å². The van der Waals surface area contributed by atoms with Gasteiger partial charge in [-0.2, -0.15) is 0 Å². The Balaban J connectivity index is 2.24. The van der Waals surface area contributed by atoms with E-state index in [9.17, 15) is 30.0 Å². The van der Waals surface area contributed by atoms with E-state index in [-0.39, 0.29) is 34.4 Å². The second-order valence-electron chi connectivity index (χ2n) is 5.97. The molecule has 0 fully saturated rings. The Morgan fingerprint density at radius 1 is 1.22 bits per heavy atom. The van der Waals surface area contributed by atoms with Gasteiger partial charge >= 0.3 is 0 Å². The van der Waals surface area contributed by atoms with E-state index >= 15 is 0 Å². The number of aliphatic hydroxyl groups is 3. The molecule has 3 rings (SSSR count). The third-order valence-corrected chi connectivity index (χ3v) is 4.54. The number of phenolic OH excluding ortho intramolecular Hbond substituents is 1. The van der Waals surface area contributed by atoms with Gasteiger partial charge in [0.15, 0.2) is 11.6 Å². The number of Topliss-reactive ketones (excluding diaryl/α,β-unsaturated/α-hetero) is 2. The number of rotatable bonds is 1. The van der Waals surface area contributed by atoms with Gasteiger partial charge in [-0.15, -0.1) is 0 Å². The molecule has 2 aliphatic carbocycles. The van der Waals surface area contributed by atoms with Crippen LogP contribution in [0.5, 0.6) is 11.5 Å². The zero-order valence-electron chi connectivity index (χ0n) is 12.5. The molecule has 0 bridgehead atoms. The zero-order valence-corrected chi connectivity index (χ0v) is 12.5. The lowest BCUT2D eigenvalue weighted by atomic mass is 9.69. The minimum atomic E-state index is -1.95. The van der Waals surface area contributed by atoms with Gasteiger partial charge in [-0.1, -0.05) is 0 Å². The normalized spacial score (nSPS) is 30.1. The summed E-state index contributed by atoms with van der Waals surface area (Å²) in [5.74, 6) is -1.55. The number of benzene rings is 1. The summed E-state index contributed by atoms with van der Waals surface area (Å²) in [4.78, 5) is 25.3. The second-order valence-corrected chi connectivity index (χ2v) is 5.97. The van der Waals surface area contributed by atoms with E-state index in [0.29, 0.717) is 0 Å². The Bertz CT molecular complexity index is 760. The monoisotopic (exact) mass is 320 g/mol. The van der Waals surface area contributed by atoms with Crippen molar-refractivity contribution in [1.82, 2.24) is 0 Å². The maximum absolute atomic E-state index is 12.7. The Kier molecular flexibility index (Phi) is 3.33. The number of methoxy groups -OCH3 is 1. The smallest absolute Gasteiger partial charge is 0.194 e. The predicted octanol–water partition coefficient (Wildman–Crippen LogP) is -0.0471. The first-order valence-corrected chi connectivity index (χ1v) is 7.02. The van der Waals surface area contributed by atoms with Crippen molar-refractivity contribution in [3.8, 4) is 11.5 Å². The van der Waals surface area contributed by atoms with Gasteiger partial charge in [0.25, 0.3) is 0 Å². The van der Waals surface area contributed by atoms with Crippen LogP contribution in [0.3, 0.4) is 0 Å². The van der Waals surface area contributed by atoms with Gasteiger partial charge in [0, 0.05) is 29.2 Å². The minimum Gasteiger partial charge on any atom is -0.507 e. The number of aromatic hydroxyl groups is 1. The summed E-state index contributed by atoms with van der Waals surface area (Å²) < 4.78 is 4.97. The van der Waals surface area contributed by atoms with Crippen LogP contribution >= 0.6 is 0 Å². The molecule has 1 aromatic rings. The summed E-state index contributed by atoms with van der Waals surface area (Å²) in [5.41, 5.74) is -2.57. The molecule has 4 N–H and O–H groups in total. The SMILES string of the molecule is COc1cc(O)c2c(c1)C(=O)C1=C(C[C@@H](O)[C@@](C)(O)[C@@H]1O)C2=O. The van der Waals surface area contributed by atoms with Crippen LogP contribution in [-0.4, -0.2) is 56.9 Å². The van der Waals surface area contributed by atoms with Crippen molar-refractivity contribution < 1.29 is 34.8 Å². The van der Waals surface area contributed by atoms with Crippen molar-refractivity contribution in [2.45, 2.75) is 31.2 Å². The molecule has 0 saturated heterocycles. The van der Waals surface area contributed by atoms with Crippen LogP contribution in [0.4, 0.5) is 0 Å². The molecular formula is C16H16O7. The lowest BCUT2D eigenvalue weighted by Crippen LogP contribution is -2.56. The van der Waals surface area contributed by atoms with Crippen molar-refractivity contribution in [1.29, 1.82) is 0 Å². The number of hydrogen-bond donors (Lipinski definition) is 4. The van der Waals surface area contributed by atoms with Gasteiger partial charge in [0.05, 0.1) is 18.8 Å². The molecule has 0 radical (unpaired) electrons. The van der Waals surface area contributed by atoms with Crippen molar-refractivity contribution in [3.05, 3.63) is 34.4 Å². The highest BCUT2D eigenvalue weighted by molar-refractivity contribution is 6.28. The van der Waals surface area contributed by atoms with Crippen LogP contribution in [0.15, 0.2) is 23.3 Å². The first-order chi connectivity index (χ1) is 10.7. The van der Waals surface area contributed by atoms with Gasteiger partial charge in [0.1, 0.15) is 23.2 Å². The van der Waals surface area contributed by atoms with Crippen LogP contribution < -0.4 is 4.74 Å². The Hall–Kier alpha value is -2.22. The molecular weight excluding hydrogens is 304 g/mol. The standard InChI is InChI=1S/C16H16O7/c1-16(22)10(18)5-8-12(15(16)21)14(20)7-3-6(23-2)4-9(17)11(7)13(8)19/h3-4,10,15,17-18,21-22H,5H2,1-2H3/t10-,15-,16-/m1/s1. The molecule has 0 saturated carbocycles. The Morgan fingerprint density at radius 3 is 2.48 bits per heavy atom. The van der Waals surface area contributed by atoms with Gasteiger partial charge in [-0.25, -0.2) is 0 Å². The fraction of sp³-hybridized carbons (Fsp3) is 0.375. The first kappa shape index (κ1) is 15.7. The maximum atomic E-state index is 12.7. The van der Waals surface area contributed by atoms with E-state index in [1.807, 2.05) is 0 Å². The Labute approximate surface area is 131 Å². The highest BCUT2D eigenvalue weighted by Gasteiger charge is 2.51. The molecule has 0 heterocycles. The maximum Gasteiger partial charge on any atom is 0.194 e. The van der Waals surface area contributed by atoms with Crippen LogP contribution in [0.25, 0.3) is 0 Å². The lowest BCUT2D eigenvalue weighted by Gasteiger charge is -2.41. The number of carbonyl (C=O) groups is 2. The third-order valence-electron chi connectivity index (χ3n) is 4.54. The molecule has 23 heavy (non-hydrogen) atoms. The summed E-state index contributed by atoms with van der Waals surface area (Å²) in [5, 5.41) is 40.5. The fourth-order valence-corrected chi connectivity index (χ4v) is 3.06. The number of ketones is 2. The van der Waals surface area contributed by atoms with Crippen molar-refractivity contribution >= 4 is 11.6 Å². The number of fused-ring (bicyclic) bond motifs is 1. The number of phenols is 1. The molecule has 122 valence electrons. The molecule has 0 aliphatic heterocycles. The highest BCUT2D eigenvalue weighted by atomic mass is 16.5. The summed E-state index contributed by atoms with van der Waals surface area (Å²) in [7, 11) is 1.34. The van der Waals surface area contributed by atoms with Gasteiger partial charge in [-0.3, -0.25) is 9.59 Å². The second kappa shape index (κ2) is 4.89. The number of carbonyl (C=O) groups excluding carboxylic acids is 2. The largest absolute Gasteiger partial charge is 0.507 e. The average molecular weight is 320 g/mol. The number of hydrogen-bond acceptors (Lipinski definition) is 7. The molecule has 0 unspecified atom stereocenters. The quantitative estimate of drug-likeness (QED) is 0.572. The summed E-state index contributed by atoms with van der Waals surface area (Å²) in [6.45, 7) is 1.20. The zero-order chi connectivity index (χ0) is 17.1. The minimum absolute atomic E-state index is 0.0884. The number of aliphatic hydroxyl groups excluding tert-OH is 2. The first-order valence-electron chi connectivity index (χ1n) is 7.02. The van der Waals surface area contributed by atoms with E-state index in [0.717, 1.165) is 0 Å². The predicted molar refractivity (Wildman–Crippen MR) is 77.6 cm³/mol. The van der Waals surface area contributed by atoms with Gasteiger partial charge < -0.3 is 25.2 Å². The van der Waals surface area contributed by atoms with Crippen LogP contribution in [0.2, 0.25) is 0 Å². The molecule has 0 spiro atoms. The molecule has 7 nitrogen and oxygen atoms in total. The van der Waals surface area contributed by atoms with Crippen LogP contribution in [0.1, 0.15) is 34.1 Å². The summed E-state index contributed by atoms with van der Waals surface area (Å²) in [6.07, 6.45) is -3.40. The van der Waals surface area contributed by atoms with E-state index in [1.165, 1.54) is 26.2 Å². The van der Waals surface area contributed by atoms with Crippen molar-refractivity contribution in [2.24, 2.45) is 0 Å². The molecule has 0 aromatic heterocycles. The summed E-state index contributed by atoms with van der Waals surface area (Å²) in [6, 6.07) is 2.51. The molecule has 3 atom stereocenters. The molecule has 7 heteroatoms. The van der Waals surface area contributed by atoms with Crippen LogP contribution in [-0.2, 0) is 0 Å². The average Bonchev–Trinajstić information content (AvgIpc) is 2.49. The Morgan fingerprint density at radius 2 is 1.87 bits per heavy atom. The van der Waals surface area contributed by atoms with Crippen molar-refractivity contribution in [3.63, 3.8) is 0 Å². The number of ether oxygens (including phenoxy) is 1. The van der Waals surface area contributed by atoms with Gasteiger partial charge in [0.2, 0.25) is 0 Å². The fourth-order valence-electron chi connectivity index (χ4n) is 3.06. The molecule has 2 aliphatic rings. The topological polar surface area (TPSA) is 124 Å². The van der Waals surface area contributed by atoms with E-state index in [4.69, 9.17) is 4.74 Å². The van der Waals surface area contributed by atoms with Crippen molar-refractivity contribution in [2.75, 3.05) is 7.11 Å². The van der Waals surface area contributed by atoms with E-state index in [2.05, 4.69) is 0 Å². The lowest BCUT2D eigenvalue weighted by molar-refractivity contribution is -0.126. The van der Waals surface area contributed by atoms with E-state index < -0.39 is 35.1 Å². The van der Waals surface area contributed by atoms with E-state index in [1.54, 1.807) is 0 Å². The molecule has 0 amide bonds. The highest BCUT2D eigenvalue weighted by Crippen LogP contribution is 2.43. The summed E-state index contributed by atoms with van der Waals surface area (Å²) >= 11 is 0.